The number of rotatable bonds is 15. The molecular weight excluding hydrogens is 570 g/mol. The number of unbranched alkanes of at least 4 members (excludes halogenated alkanes) is 1. The lowest BCUT2D eigenvalue weighted by Crippen LogP contribution is -2.94. The molecule has 2 aliphatic carbocycles. The van der Waals surface area contributed by atoms with Crippen molar-refractivity contribution in [3.05, 3.63) is 71.8 Å². The minimum absolute atomic E-state index is 0.0713. The molecule has 8 heteroatoms. The number of carbonyl (C=O) groups is 3. The number of carbonyl (C=O) groups excluding carboxylic acids is 3. The highest BCUT2D eigenvalue weighted by molar-refractivity contribution is 5.86. The van der Waals surface area contributed by atoms with E-state index in [2.05, 4.69) is 6.92 Å². The fourth-order valence-corrected chi connectivity index (χ4v) is 9.00. The van der Waals surface area contributed by atoms with Gasteiger partial charge >= 0.3 is 17.9 Å². The van der Waals surface area contributed by atoms with E-state index >= 15 is 0 Å². The van der Waals surface area contributed by atoms with E-state index in [0.717, 1.165) is 38.5 Å². The molecule has 2 saturated heterocycles. The fraction of sp³-hybridized carbons (Fsp3) is 0.595. The number of hydrogen-bond donors (Lipinski definition) is 0. The zero-order valence-corrected chi connectivity index (χ0v) is 26.8. The Hall–Kier alpha value is -3.23. The maximum absolute atomic E-state index is 14.5. The van der Waals surface area contributed by atoms with E-state index < -0.39 is 30.3 Å². The standard InChI is InChI=1S/C37H48NO7/c1-3-5-18-29(4-2)44-34(40)20-19-33(39)42-26-43-37(27-14-8-6-9-15-27,28-16-10-7-11-17-28)35(41)45-32-25-31-36(32)22-21-30(36)38(31)23-12-13-24-38/h6-11,14-17,29-32H,3-5,12-13,18-26H2,1-2H3/q+1. The molecular formula is C37H48NO7+. The van der Waals surface area contributed by atoms with Crippen LogP contribution in [0.4, 0.5) is 0 Å². The molecule has 0 radical (unpaired) electrons. The third-order valence-electron chi connectivity index (χ3n) is 11.3. The van der Waals surface area contributed by atoms with Crippen LogP contribution in [0.15, 0.2) is 60.7 Å². The lowest BCUT2D eigenvalue weighted by molar-refractivity contribution is -1.05. The molecule has 8 nitrogen and oxygen atoms in total. The molecule has 0 N–H and O–H groups in total. The number of quaternary nitrogens is 1. The monoisotopic (exact) mass is 618 g/mol. The van der Waals surface area contributed by atoms with Crippen LogP contribution >= 0.6 is 0 Å². The highest BCUT2D eigenvalue weighted by Gasteiger charge is 2.86. The van der Waals surface area contributed by atoms with Gasteiger partial charge in [-0.25, -0.2) is 4.79 Å². The summed E-state index contributed by atoms with van der Waals surface area (Å²) in [5, 5.41) is 0. The van der Waals surface area contributed by atoms with E-state index in [-0.39, 0.29) is 30.5 Å². The summed E-state index contributed by atoms with van der Waals surface area (Å²) in [7, 11) is 0. The molecule has 2 heterocycles. The van der Waals surface area contributed by atoms with Gasteiger partial charge in [0.25, 0.3) is 0 Å². The van der Waals surface area contributed by atoms with Crippen LogP contribution in [0.3, 0.4) is 0 Å². The molecule has 4 aliphatic rings. The van der Waals surface area contributed by atoms with Crippen LogP contribution in [0.5, 0.6) is 0 Å². The van der Waals surface area contributed by atoms with Gasteiger partial charge < -0.3 is 23.4 Å². The topological polar surface area (TPSA) is 88.1 Å². The van der Waals surface area contributed by atoms with E-state index in [9.17, 15) is 14.4 Å². The summed E-state index contributed by atoms with van der Waals surface area (Å²) in [6.45, 7) is 6.14. The molecule has 0 amide bonds. The molecule has 0 aromatic heterocycles. The van der Waals surface area contributed by atoms with Crippen molar-refractivity contribution >= 4 is 17.9 Å². The lowest BCUT2D eigenvalue weighted by atomic mass is 9.39. The molecule has 2 aromatic carbocycles. The van der Waals surface area contributed by atoms with Crippen LogP contribution in [0, 0.1) is 5.41 Å². The minimum Gasteiger partial charge on any atom is -0.462 e. The molecule has 242 valence electrons. The van der Waals surface area contributed by atoms with Gasteiger partial charge in [-0.1, -0.05) is 87.4 Å². The third-order valence-corrected chi connectivity index (χ3v) is 11.3. The first kappa shape index (κ1) is 31.7. The minimum atomic E-state index is -1.63. The van der Waals surface area contributed by atoms with Gasteiger partial charge in [0, 0.05) is 25.7 Å². The van der Waals surface area contributed by atoms with Gasteiger partial charge in [-0.15, -0.1) is 0 Å². The Balaban J connectivity index is 1.14. The van der Waals surface area contributed by atoms with Gasteiger partial charge in [0.15, 0.2) is 6.79 Å². The third kappa shape index (κ3) is 5.48. The van der Waals surface area contributed by atoms with E-state index in [4.69, 9.17) is 18.9 Å². The Morgan fingerprint density at radius 2 is 1.56 bits per heavy atom. The Morgan fingerprint density at radius 3 is 2.11 bits per heavy atom. The largest absolute Gasteiger partial charge is 0.462 e. The molecule has 0 bridgehead atoms. The zero-order chi connectivity index (χ0) is 31.5. The van der Waals surface area contributed by atoms with Crippen LogP contribution in [0.1, 0.15) is 95.6 Å². The Labute approximate surface area is 266 Å². The van der Waals surface area contributed by atoms with Gasteiger partial charge in [0.05, 0.1) is 25.9 Å². The highest BCUT2D eigenvalue weighted by atomic mass is 16.7. The van der Waals surface area contributed by atoms with Crippen molar-refractivity contribution in [1.29, 1.82) is 0 Å². The maximum atomic E-state index is 14.5. The molecule has 5 atom stereocenters. The summed E-state index contributed by atoms with van der Waals surface area (Å²) in [4.78, 5) is 39.6. The van der Waals surface area contributed by atoms with Crippen molar-refractivity contribution in [2.75, 3.05) is 19.9 Å². The number of esters is 3. The SMILES string of the molecule is CCCCC(CC)OC(=O)CCC(=O)OCOC(C(=O)OC1CC2C13CCC3[N+]21CCCC1)(c1ccccc1)c1ccccc1. The molecule has 45 heavy (non-hydrogen) atoms. The summed E-state index contributed by atoms with van der Waals surface area (Å²) >= 11 is 0. The molecule has 2 aromatic rings. The molecule has 2 saturated carbocycles. The van der Waals surface area contributed by atoms with Gasteiger partial charge in [-0.05, 0) is 30.4 Å². The van der Waals surface area contributed by atoms with E-state index in [1.54, 1.807) is 0 Å². The number of hydrogen-bond acceptors (Lipinski definition) is 7. The van der Waals surface area contributed by atoms with Crippen LogP contribution < -0.4 is 0 Å². The van der Waals surface area contributed by atoms with Crippen LogP contribution in [-0.2, 0) is 38.9 Å². The fourth-order valence-electron chi connectivity index (χ4n) is 9.00. The zero-order valence-electron chi connectivity index (χ0n) is 26.8. The quantitative estimate of drug-likeness (QED) is 0.102. The Morgan fingerprint density at radius 1 is 0.911 bits per heavy atom. The van der Waals surface area contributed by atoms with E-state index in [0.29, 0.717) is 23.2 Å². The number of fused-ring (bicyclic) bond motifs is 2. The summed E-state index contributed by atoms with van der Waals surface area (Å²) in [5.74, 6) is -1.49. The van der Waals surface area contributed by atoms with Crippen molar-refractivity contribution in [3.63, 3.8) is 0 Å². The summed E-state index contributed by atoms with van der Waals surface area (Å²) in [6, 6.07) is 19.8. The summed E-state index contributed by atoms with van der Waals surface area (Å²) < 4.78 is 25.1. The normalized spacial score (nSPS) is 26.3. The van der Waals surface area contributed by atoms with Gasteiger partial charge in [0.2, 0.25) is 5.60 Å². The predicted octanol–water partition coefficient (Wildman–Crippen LogP) is 6.20. The first-order valence-electron chi connectivity index (χ1n) is 17.1. The molecule has 2 aliphatic heterocycles. The van der Waals surface area contributed by atoms with Gasteiger partial charge in [-0.2, -0.15) is 0 Å². The van der Waals surface area contributed by atoms with Gasteiger partial charge in [-0.3, -0.25) is 9.59 Å². The first-order valence-corrected chi connectivity index (χ1v) is 17.1. The Bertz CT molecular complexity index is 1290. The number of ether oxygens (including phenoxy) is 4. The second kappa shape index (κ2) is 13.2. The predicted molar refractivity (Wildman–Crippen MR) is 168 cm³/mol. The molecule has 6 rings (SSSR count). The lowest BCUT2D eigenvalue weighted by Gasteiger charge is -2.80. The van der Waals surface area contributed by atoms with E-state index in [1.165, 1.54) is 36.8 Å². The second-order valence-corrected chi connectivity index (χ2v) is 13.4. The number of piperidine rings is 2. The Kier molecular flexibility index (Phi) is 9.34. The average molecular weight is 619 g/mol. The molecule has 2 spiro atoms. The molecule has 5 unspecified atom stereocenters. The average Bonchev–Trinajstić information content (AvgIpc) is 3.52. The number of benzene rings is 2. The first-order chi connectivity index (χ1) is 21.9. The van der Waals surface area contributed by atoms with E-state index in [1.807, 2.05) is 67.6 Å². The second-order valence-electron chi connectivity index (χ2n) is 13.4. The van der Waals surface area contributed by atoms with Crippen LogP contribution in [-0.4, -0.2) is 66.6 Å². The van der Waals surface area contributed by atoms with Crippen molar-refractivity contribution < 1.29 is 37.8 Å². The summed E-state index contributed by atoms with van der Waals surface area (Å²) in [5.41, 5.74) is -0.310. The maximum Gasteiger partial charge on any atom is 0.348 e. The molecule has 4 fully saturated rings. The number of nitrogens with zero attached hydrogens (tertiary/aromatic N) is 1. The smallest absolute Gasteiger partial charge is 0.348 e. The van der Waals surface area contributed by atoms with Crippen LogP contribution in [0.2, 0.25) is 0 Å². The van der Waals surface area contributed by atoms with Gasteiger partial charge in [0.1, 0.15) is 29.7 Å². The van der Waals surface area contributed by atoms with Crippen molar-refractivity contribution in [3.8, 4) is 0 Å². The van der Waals surface area contributed by atoms with Crippen molar-refractivity contribution in [1.82, 2.24) is 0 Å². The van der Waals surface area contributed by atoms with Crippen molar-refractivity contribution in [2.24, 2.45) is 5.41 Å². The van der Waals surface area contributed by atoms with Crippen molar-refractivity contribution in [2.45, 2.75) is 114 Å². The van der Waals surface area contributed by atoms with Crippen LogP contribution in [0.25, 0.3) is 0 Å². The summed E-state index contributed by atoms with van der Waals surface area (Å²) in [6.07, 6.45) is 8.92. The highest BCUT2D eigenvalue weighted by Crippen LogP contribution is 2.73.